The first-order chi connectivity index (χ1) is 16.9. The highest BCUT2D eigenvalue weighted by Crippen LogP contribution is 2.58. The molecule has 5 aromatic rings. The van der Waals surface area contributed by atoms with Gasteiger partial charge in [-0.3, -0.25) is 0 Å². The molecule has 5 nitrogen and oxygen atoms in total. The molecule has 0 bridgehead atoms. The maximum atomic E-state index is 13.1. The molecule has 2 heterocycles. The van der Waals surface area contributed by atoms with Crippen LogP contribution in [0.25, 0.3) is 21.5 Å². The average molecular weight is 590 g/mol. The van der Waals surface area contributed by atoms with Crippen molar-refractivity contribution in [1.82, 2.24) is 0 Å². The number of aromatic hydroxyl groups is 2. The SMILES string of the molecule is O=C1OC2(c3cc4ccc(O)c(Br)c4cc3Oc3cc4c(Br)c(O)ccc4cc32)c2ccccc21. The molecule has 7 rings (SSSR count). The van der Waals surface area contributed by atoms with Gasteiger partial charge in [-0.1, -0.05) is 30.3 Å². The molecule has 0 saturated heterocycles. The van der Waals surface area contributed by atoms with Crippen LogP contribution in [0.1, 0.15) is 27.0 Å². The number of benzene rings is 5. The van der Waals surface area contributed by atoms with Crippen LogP contribution < -0.4 is 4.74 Å². The maximum absolute atomic E-state index is 13.1. The summed E-state index contributed by atoms with van der Waals surface area (Å²) in [6, 6.07) is 21.9. The van der Waals surface area contributed by atoms with Gasteiger partial charge in [0.25, 0.3) is 0 Å². The van der Waals surface area contributed by atoms with Gasteiger partial charge in [0.15, 0.2) is 5.60 Å². The van der Waals surface area contributed by atoms with Gasteiger partial charge < -0.3 is 19.7 Å². The van der Waals surface area contributed by atoms with Gasteiger partial charge in [0.1, 0.15) is 23.0 Å². The molecule has 7 heteroatoms. The largest absolute Gasteiger partial charge is 0.507 e. The van der Waals surface area contributed by atoms with Gasteiger partial charge in [-0.25, -0.2) is 4.79 Å². The molecule has 0 radical (unpaired) electrons. The Bertz CT molecular complexity index is 1680. The number of phenols is 2. The molecule has 0 atom stereocenters. The minimum absolute atomic E-state index is 0.117. The summed E-state index contributed by atoms with van der Waals surface area (Å²) in [6.45, 7) is 0. The number of halogens is 2. The van der Waals surface area contributed by atoms with Crippen molar-refractivity contribution in [2.75, 3.05) is 0 Å². The van der Waals surface area contributed by atoms with Crippen molar-refractivity contribution < 1.29 is 24.5 Å². The monoisotopic (exact) mass is 588 g/mol. The van der Waals surface area contributed by atoms with E-state index in [-0.39, 0.29) is 11.5 Å². The third-order valence-corrected chi connectivity index (χ3v) is 8.49. The molecule has 0 amide bonds. The average Bonchev–Trinajstić information content (AvgIpc) is 3.16. The highest BCUT2D eigenvalue weighted by molar-refractivity contribution is 9.11. The number of carbonyl (C=O) groups is 1. The lowest BCUT2D eigenvalue weighted by Crippen LogP contribution is -2.33. The van der Waals surface area contributed by atoms with Gasteiger partial charge in [-0.15, -0.1) is 0 Å². The smallest absolute Gasteiger partial charge is 0.340 e. The Morgan fingerprint density at radius 3 is 1.80 bits per heavy atom. The zero-order valence-electron chi connectivity index (χ0n) is 17.8. The van der Waals surface area contributed by atoms with Crippen molar-refractivity contribution in [3.8, 4) is 23.0 Å². The van der Waals surface area contributed by atoms with Crippen LogP contribution in [0.2, 0.25) is 0 Å². The van der Waals surface area contributed by atoms with Crippen LogP contribution in [-0.4, -0.2) is 16.2 Å². The van der Waals surface area contributed by atoms with E-state index in [0.29, 0.717) is 37.1 Å². The van der Waals surface area contributed by atoms with Crippen LogP contribution >= 0.6 is 31.9 Å². The lowest BCUT2D eigenvalue weighted by Gasteiger charge is -2.37. The standard InChI is InChI=1S/C28H14Br2O5/c29-25-16-11-23-19(9-13(16)5-7-21(25)31)28(18-4-2-1-3-15(18)27(33)35-28)20-10-14-6-8-22(32)26(30)17(14)12-24(20)34-23/h1-12,31-32H. The summed E-state index contributed by atoms with van der Waals surface area (Å²) in [5.41, 5.74) is 1.43. The molecular weight excluding hydrogens is 576 g/mol. The molecule has 5 aromatic carbocycles. The molecule has 0 aromatic heterocycles. The molecule has 1 spiro atoms. The van der Waals surface area contributed by atoms with Crippen molar-refractivity contribution in [3.05, 3.63) is 104 Å². The summed E-state index contributed by atoms with van der Waals surface area (Å²) < 4.78 is 13.8. The van der Waals surface area contributed by atoms with Gasteiger partial charge in [0.05, 0.1) is 14.5 Å². The van der Waals surface area contributed by atoms with E-state index in [1.54, 1.807) is 18.2 Å². The number of rotatable bonds is 0. The molecular formula is C28H14Br2O5. The maximum Gasteiger partial charge on any atom is 0.340 e. The first-order valence-corrected chi connectivity index (χ1v) is 12.4. The van der Waals surface area contributed by atoms with Crippen LogP contribution in [0.3, 0.4) is 0 Å². The summed E-state index contributed by atoms with van der Waals surface area (Å²) in [5, 5.41) is 23.7. The lowest BCUT2D eigenvalue weighted by molar-refractivity contribution is 0.0225. The predicted molar refractivity (Wildman–Crippen MR) is 138 cm³/mol. The van der Waals surface area contributed by atoms with Gasteiger partial charge >= 0.3 is 5.97 Å². The van der Waals surface area contributed by atoms with E-state index in [2.05, 4.69) is 31.9 Å². The van der Waals surface area contributed by atoms with E-state index < -0.39 is 11.6 Å². The molecule has 2 aliphatic heterocycles. The number of esters is 1. The van der Waals surface area contributed by atoms with Gasteiger partial charge in [0.2, 0.25) is 0 Å². The Morgan fingerprint density at radius 1 is 0.686 bits per heavy atom. The lowest BCUT2D eigenvalue weighted by atomic mass is 9.76. The molecule has 0 saturated carbocycles. The minimum atomic E-state index is -1.21. The summed E-state index contributed by atoms with van der Waals surface area (Å²) in [5.74, 6) is 0.851. The molecule has 2 aliphatic rings. The highest BCUT2D eigenvalue weighted by Gasteiger charge is 2.53. The molecule has 0 fully saturated rings. The fraction of sp³-hybridized carbons (Fsp3) is 0.0357. The van der Waals surface area contributed by atoms with E-state index in [1.165, 1.54) is 0 Å². The number of ether oxygens (including phenoxy) is 2. The molecule has 0 aliphatic carbocycles. The number of carbonyl (C=O) groups excluding carboxylic acids is 1. The van der Waals surface area contributed by atoms with Crippen molar-refractivity contribution >= 4 is 59.4 Å². The minimum Gasteiger partial charge on any atom is -0.507 e. The van der Waals surface area contributed by atoms with Crippen LogP contribution in [-0.2, 0) is 10.3 Å². The summed E-state index contributed by atoms with van der Waals surface area (Å²) >= 11 is 6.95. The fourth-order valence-electron chi connectivity index (χ4n) is 5.21. The second-order valence-electron chi connectivity index (χ2n) is 8.65. The van der Waals surface area contributed by atoms with Crippen molar-refractivity contribution in [2.45, 2.75) is 5.60 Å². The van der Waals surface area contributed by atoms with Crippen LogP contribution in [0.5, 0.6) is 23.0 Å². The van der Waals surface area contributed by atoms with E-state index in [1.807, 2.05) is 54.6 Å². The Hall–Kier alpha value is -3.55. The van der Waals surface area contributed by atoms with E-state index in [9.17, 15) is 15.0 Å². The van der Waals surface area contributed by atoms with Gasteiger partial charge in [-0.05, 0) is 85.1 Å². The van der Waals surface area contributed by atoms with Crippen molar-refractivity contribution in [1.29, 1.82) is 0 Å². The number of phenolic OH excluding ortho intramolecular Hbond substituents is 2. The topological polar surface area (TPSA) is 76.0 Å². The molecule has 0 unspecified atom stereocenters. The van der Waals surface area contributed by atoms with E-state index in [4.69, 9.17) is 9.47 Å². The third kappa shape index (κ3) is 2.65. The van der Waals surface area contributed by atoms with Crippen molar-refractivity contribution in [3.63, 3.8) is 0 Å². The number of hydrogen-bond acceptors (Lipinski definition) is 5. The summed E-state index contributed by atoms with van der Waals surface area (Å²) in [6.07, 6.45) is 0. The quantitative estimate of drug-likeness (QED) is 0.183. The summed E-state index contributed by atoms with van der Waals surface area (Å²) in [4.78, 5) is 13.1. The van der Waals surface area contributed by atoms with Crippen LogP contribution in [0.15, 0.2) is 81.7 Å². The van der Waals surface area contributed by atoms with Crippen LogP contribution in [0.4, 0.5) is 0 Å². The first kappa shape index (κ1) is 20.8. The predicted octanol–water partition coefficient (Wildman–Crippen LogP) is 7.50. The highest BCUT2D eigenvalue weighted by atomic mass is 79.9. The summed E-state index contributed by atoms with van der Waals surface area (Å²) in [7, 11) is 0. The molecule has 170 valence electrons. The zero-order chi connectivity index (χ0) is 24.1. The Labute approximate surface area is 215 Å². The van der Waals surface area contributed by atoms with E-state index in [0.717, 1.165) is 27.1 Å². The number of fused-ring (bicyclic) bond motifs is 8. The molecule has 35 heavy (non-hydrogen) atoms. The van der Waals surface area contributed by atoms with Crippen molar-refractivity contribution in [2.24, 2.45) is 0 Å². The number of hydrogen-bond donors (Lipinski definition) is 2. The first-order valence-electron chi connectivity index (χ1n) is 10.8. The second kappa shape index (κ2) is 6.99. The van der Waals surface area contributed by atoms with Gasteiger partial charge in [-0.2, -0.15) is 0 Å². The van der Waals surface area contributed by atoms with Gasteiger partial charge in [0, 0.05) is 27.5 Å². The Balaban J connectivity index is 1.63. The van der Waals surface area contributed by atoms with E-state index >= 15 is 0 Å². The second-order valence-corrected chi connectivity index (χ2v) is 10.2. The molecule has 2 N–H and O–H groups in total. The third-order valence-electron chi connectivity index (χ3n) is 6.82. The van der Waals surface area contributed by atoms with Crippen LogP contribution in [0, 0.1) is 0 Å². The zero-order valence-corrected chi connectivity index (χ0v) is 21.0. The normalized spacial score (nSPS) is 15.0. The fourth-order valence-corrected chi connectivity index (χ4v) is 6.16. The Morgan fingerprint density at radius 2 is 1.23 bits per heavy atom. The Kier molecular flexibility index (Phi) is 4.15.